The smallest absolute Gasteiger partial charge is 0.162 e. The van der Waals surface area contributed by atoms with Crippen molar-refractivity contribution in [2.75, 3.05) is 0 Å². The maximum absolute atomic E-state index is 4.28. The maximum atomic E-state index is 4.28. The molecule has 0 fully saturated rings. The van der Waals surface area contributed by atoms with Crippen LogP contribution in [0.25, 0.3) is 6.08 Å². The lowest BCUT2D eigenvalue weighted by Crippen LogP contribution is -1.93. The van der Waals surface area contributed by atoms with Crippen LogP contribution in [0.5, 0.6) is 0 Å². The largest absolute Gasteiger partial charge is 0.244 e. The molecule has 0 aliphatic carbocycles. The molecule has 0 saturated heterocycles. The van der Waals surface area contributed by atoms with Gasteiger partial charge in [-0.25, -0.2) is 15.3 Å². The quantitative estimate of drug-likeness (QED) is 0.614. The van der Waals surface area contributed by atoms with Crippen LogP contribution in [0.2, 0.25) is 0 Å². The van der Waals surface area contributed by atoms with Crippen LogP contribution in [0.3, 0.4) is 0 Å². The number of aromatic nitrogens is 2. The Balaban J connectivity index is 2.28. The minimum Gasteiger partial charge on any atom is -0.244 e. The fraction of sp³-hybridized carbons (Fsp3) is 0.111. The van der Waals surface area contributed by atoms with Crippen molar-refractivity contribution in [2.45, 2.75) is 6.42 Å². The Hall–Kier alpha value is -1.64. The molecule has 3 heteroatoms. The molecule has 2 heterocycles. The van der Waals surface area contributed by atoms with E-state index in [0.29, 0.717) is 0 Å². The molecule has 1 aliphatic rings. The second-order valence-corrected chi connectivity index (χ2v) is 2.54. The fourth-order valence-electron chi connectivity index (χ4n) is 1.13. The lowest BCUT2D eigenvalue weighted by molar-refractivity contribution is 0.975. The van der Waals surface area contributed by atoms with Crippen molar-refractivity contribution >= 4 is 11.9 Å². The van der Waals surface area contributed by atoms with Gasteiger partial charge >= 0.3 is 0 Å². The molecule has 59 valence electrons. The Kier molecular flexibility index (Phi) is 1.63. The van der Waals surface area contributed by atoms with Gasteiger partial charge in [0.25, 0.3) is 0 Å². The molecule has 12 heavy (non-hydrogen) atoms. The van der Waals surface area contributed by atoms with Gasteiger partial charge in [-0.15, -0.1) is 6.58 Å². The number of rotatable bonds is 2. The number of hydrogen-bond donors (Lipinski definition) is 0. The van der Waals surface area contributed by atoms with E-state index in [0.717, 1.165) is 23.5 Å². The first-order chi connectivity index (χ1) is 5.90. The van der Waals surface area contributed by atoms with E-state index in [1.165, 1.54) is 6.33 Å². The van der Waals surface area contributed by atoms with Crippen LogP contribution in [0, 0.1) is 0 Å². The summed E-state index contributed by atoms with van der Waals surface area (Å²) in [5.74, 6) is 0.766. The van der Waals surface area contributed by atoms with E-state index in [9.17, 15) is 0 Å². The van der Waals surface area contributed by atoms with Gasteiger partial charge in [0, 0.05) is 23.9 Å². The summed E-state index contributed by atoms with van der Waals surface area (Å²) in [4.78, 5) is 7.94. The van der Waals surface area contributed by atoms with E-state index in [4.69, 9.17) is 0 Å². The fourth-order valence-corrected chi connectivity index (χ4v) is 1.13. The van der Waals surface area contributed by atoms with Crippen LogP contribution in [0.4, 0.5) is 5.82 Å². The second kappa shape index (κ2) is 2.77. The SMILES string of the molecule is C=CCC1=Cc2cncnc2[N]1. The molecule has 0 amide bonds. The van der Waals surface area contributed by atoms with E-state index in [-0.39, 0.29) is 0 Å². The van der Waals surface area contributed by atoms with Crippen molar-refractivity contribution in [1.82, 2.24) is 15.3 Å². The van der Waals surface area contributed by atoms with Crippen LogP contribution < -0.4 is 5.32 Å². The number of allylic oxidation sites excluding steroid dienone is 1. The predicted molar refractivity (Wildman–Crippen MR) is 46.6 cm³/mol. The van der Waals surface area contributed by atoms with E-state index >= 15 is 0 Å². The minimum atomic E-state index is 0.766. The van der Waals surface area contributed by atoms with E-state index in [1.807, 2.05) is 12.2 Å². The van der Waals surface area contributed by atoms with Crippen LogP contribution in [0.15, 0.2) is 30.9 Å². The van der Waals surface area contributed by atoms with Gasteiger partial charge in [-0.05, 0) is 6.08 Å². The highest BCUT2D eigenvalue weighted by Gasteiger charge is 2.12. The highest BCUT2D eigenvalue weighted by atomic mass is 15.0. The van der Waals surface area contributed by atoms with Crippen molar-refractivity contribution in [3.8, 4) is 0 Å². The summed E-state index contributed by atoms with van der Waals surface area (Å²) < 4.78 is 0. The molecule has 1 aliphatic heterocycles. The summed E-state index contributed by atoms with van der Waals surface area (Å²) in [6, 6.07) is 0. The lowest BCUT2D eigenvalue weighted by atomic mass is 10.3. The molecule has 0 saturated carbocycles. The van der Waals surface area contributed by atoms with Crippen molar-refractivity contribution in [1.29, 1.82) is 0 Å². The molecule has 0 N–H and O–H groups in total. The van der Waals surface area contributed by atoms with Gasteiger partial charge in [-0.3, -0.25) is 0 Å². The summed E-state index contributed by atoms with van der Waals surface area (Å²) >= 11 is 0. The minimum absolute atomic E-state index is 0.766. The van der Waals surface area contributed by atoms with Crippen molar-refractivity contribution in [3.63, 3.8) is 0 Å². The van der Waals surface area contributed by atoms with Crippen molar-refractivity contribution in [3.05, 3.63) is 36.4 Å². The molecule has 2 rings (SSSR count). The zero-order valence-corrected chi connectivity index (χ0v) is 6.57. The Morgan fingerprint density at radius 1 is 1.50 bits per heavy atom. The first kappa shape index (κ1) is 7.03. The third-order valence-corrected chi connectivity index (χ3v) is 1.64. The van der Waals surface area contributed by atoms with Gasteiger partial charge in [-0.2, -0.15) is 0 Å². The normalized spacial score (nSPS) is 13.2. The molecular weight excluding hydrogens is 150 g/mol. The predicted octanol–water partition coefficient (Wildman–Crippen LogP) is 1.64. The Morgan fingerprint density at radius 3 is 3.17 bits per heavy atom. The molecule has 0 unspecified atom stereocenters. The molecule has 3 nitrogen and oxygen atoms in total. The van der Waals surface area contributed by atoms with E-state index < -0.39 is 0 Å². The maximum Gasteiger partial charge on any atom is 0.162 e. The van der Waals surface area contributed by atoms with Gasteiger partial charge in [0.15, 0.2) is 5.82 Å². The summed E-state index contributed by atoms with van der Waals surface area (Å²) in [7, 11) is 0. The molecule has 0 bridgehead atoms. The van der Waals surface area contributed by atoms with Gasteiger partial charge in [0.1, 0.15) is 6.33 Å². The van der Waals surface area contributed by atoms with Crippen molar-refractivity contribution in [2.24, 2.45) is 0 Å². The zero-order valence-electron chi connectivity index (χ0n) is 6.57. The molecule has 1 aromatic heterocycles. The van der Waals surface area contributed by atoms with Crippen LogP contribution in [-0.2, 0) is 0 Å². The zero-order chi connectivity index (χ0) is 8.39. The molecule has 0 aromatic carbocycles. The summed E-state index contributed by atoms with van der Waals surface area (Å²) in [6.07, 6.45) is 7.87. The first-order valence-electron chi connectivity index (χ1n) is 3.73. The van der Waals surface area contributed by atoms with E-state index in [1.54, 1.807) is 6.20 Å². The Morgan fingerprint density at radius 2 is 2.42 bits per heavy atom. The van der Waals surface area contributed by atoms with Gasteiger partial charge < -0.3 is 0 Å². The van der Waals surface area contributed by atoms with E-state index in [2.05, 4.69) is 21.9 Å². The summed E-state index contributed by atoms with van der Waals surface area (Å²) in [6.45, 7) is 3.65. The second-order valence-electron chi connectivity index (χ2n) is 2.54. The lowest BCUT2D eigenvalue weighted by Gasteiger charge is -1.95. The number of nitrogens with zero attached hydrogens (tertiary/aromatic N) is 3. The average Bonchev–Trinajstić information content (AvgIpc) is 2.47. The Bertz CT molecular complexity index is 341. The molecule has 0 spiro atoms. The highest BCUT2D eigenvalue weighted by Crippen LogP contribution is 2.24. The number of fused-ring (bicyclic) bond motifs is 1. The molecule has 1 radical (unpaired) electrons. The molecular formula is C9H8N3. The van der Waals surface area contributed by atoms with Gasteiger partial charge in [-0.1, -0.05) is 6.08 Å². The van der Waals surface area contributed by atoms with Crippen LogP contribution in [0.1, 0.15) is 12.0 Å². The van der Waals surface area contributed by atoms with Crippen molar-refractivity contribution < 1.29 is 0 Å². The summed E-state index contributed by atoms with van der Waals surface area (Å²) in [5.41, 5.74) is 2.00. The van der Waals surface area contributed by atoms with Gasteiger partial charge in [0.05, 0.1) is 0 Å². The number of hydrogen-bond acceptors (Lipinski definition) is 2. The third-order valence-electron chi connectivity index (χ3n) is 1.64. The topological polar surface area (TPSA) is 39.9 Å². The highest BCUT2D eigenvalue weighted by molar-refractivity contribution is 5.67. The monoisotopic (exact) mass is 158 g/mol. The standard InChI is InChI=1S/C9H8N3/c1-2-3-8-4-7-5-10-6-11-9(7)12-8/h2,4-6H,1,3H2. The molecule has 1 aromatic rings. The Labute approximate surface area is 70.9 Å². The summed E-state index contributed by atoms with van der Waals surface area (Å²) in [5, 5.41) is 4.28. The van der Waals surface area contributed by atoms with Crippen LogP contribution in [-0.4, -0.2) is 9.97 Å². The van der Waals surface area contributed by atoms with Gasteiger partial charge in [0.2, 0.25) is 0 Å². The first-order valence-corrected chi connectivity index (χ1v) is 3.73. The molecule has 0 atom stereocenters. The van der Waals surface area contributed by atoms with Crippen LogP contribution >= 0.6 is 0 Å². The third kappa shape index (κ3) is 1.09. The average molecular weight is 158 g/mol.